The van der Waals surface area contributed by atoms with E-state index in [9.17, 15) is 13.5 Å². The van der Waals surface area contributed by atoms with Gasteiger partial charge in [-0.05, 0) is 61.4 Å². The van der Waals surface area contributed by atoms with Crippen LogP contribution in [-0.4, -0.2) is 50.4 Å². The highest BCUT2D eigenvalue weighted by Crippen LogP contribution is 2.28. The van der Waals surface area contributed by atoms with E-state index < -0.39 is 15.9 Å². The van der Waals surface area contributed by atoms with E-state index in [4.69, 9.17) is 21.6 Å². The summed E-state index contributed by atoms with van der Waals surface area (Å²) in [6.45, 7) is 3.87. The third-order valence-electron chi connectivity index (χ3n) is 5.37. The second-order valence-corrected chi connectivity index (χ2v) is 10.3. The number of hydrogen-bond acceptors (Lipinski definition) is 6. The zero-order chi connectivity index (χ0) is 21.9. The van der Waals surface area contributed by atoms with Crippen molar-refractivity contribution >= 4 is 21.4 Å². The lowest BCUT2D eigenvalue weighted by atomic mass is 10.1. The van der Waals surface area contributed by atoms with Gasteiger partial charge in [0.25, 0.3) is 0 Å². The van der Waals surface area contributed by atoms with Gasteiger partial charge >= 0.3 is 0 Å². The smallest absolute Gasteiger partial charge is 0.175 e. The predicted octanol–water partition coefficient (Wildman–Crippen LogP) is 3.44. The van der Waals surface area contributed by atoms with Crippen LogP contribution in [0.4, 0.5) is 0 Å². The average molecular weight is 449 g/mol. The number of hydrogen-bond donors (Lipinski definition) is 1. The van der Waals surface area contributed by atoms with Crippen molar-refractivity contribution in [2.75, 3.05) is 26.0 Å². The lowest BCUT2D eigenvalue weighted by Crippen LogP contribution is -2.32. The quantitative estimate of drug-likeness (QED) is 0.697. The van der Waals surface area contributed by atoms with Crippen molar-refractivity contribution in [3.63, 3.8) is 0 Å². The number of ether oxygens (including phenoxy) is 1. The van der Waals surface area contributed by atoms with E-state index in [0.717, 1.165) is 13.0 Å². The summed E-state index contributed by atoms with van der Waals surface area (Å²) in [6.07, 6.45) is 1.38. The van der Waals surface area contributed by atoms with Gasteiger partial charge in [0.05, 0.1) is 29.2 Å². The molecule has 8 heteroatoms. The van der Waals surface area contributed by atoms with Crippen molar-refractivity contribution in [2.24, 2.45) is 5.92 Å². The Bertz CT molecular complexity index is 1030. The fraction of sp³-hybridized carbons (Fsp3) is 0.409. The molecule has 30 heavy (non-hydrogen) atoms. The number of nitriles is 1. The van der Waals surface area contributed by atoms with Gasteiger partial charge in [0.1, 0.15) is 5.75 Å². The number of aliphatic hydroxyl groups is 1. The summed E-state index contributed by atoms with van der Waals surface area (Å²) in [7, 11) is -3.22. The van der Waals surface area contributed by atoms with Gasteiger partial charge in [-0.15, -0.1) is 0 Å². The molecule has 1 N–H and O–H groups in total. The van der Waals surface area contributed by atoms with Crippen LogP contribution in [-0.2, 0) is 9.84 Å². The van der Waals surface area contributed by atoms with E-state index in [0.29, 0.717) is 41.0 Å². The normalized spacial score (nSPS) is 20.6. The first kappa shape index (κ1) is 22.6. The number of benzene rings is 2. The number of sulfone groups is 1. The lowest BCUT2D eigenvalue weighted by molar-refractivity contribution is 0.107. The maximum Gasteiger partial charge on any atom is 0.175 e. The van der Waals surface area contributed by atoms with Crippen molar-refractivity contribution in [3.05, 3.63) is 58.6 Å². The number of nitrogens with zero attached hydrogens (tertiary/aromatic N) is 2. The van der Waals surface area contributed by atoms with E-state index in [1.807, 2.05) is 0 Å². The fourth-order valence-electron chi connectivity index (χ4n) is 3.79. The van der Waals surface area contributed by atoms with E-state index >= 15 is 0 Å². The van der Waals surface area contributed by atoms with E-state index in [-0.39, 0.29) is 10.9 Å². The van der Waals surface area contributed by atoms with Gasteiger partial charge in [-0.1, -0.05) is 11.6 Å². The number of rotatable bonds is 7. The van der Waals surface area contributed by atoms with Crippen molar-refractivity contribution < 1.29 is 18.3 Å². The van der Waals surface area contributed by atoms with Crippen LogP contribution in [0.15, 0.2) is 47.4 Å². The first-order valence-electron chi connectivity index (χ1n) is 9.71. The molecule has 2 aromatic rings. The summed E-state index contributed by atoms with van der Waals surface area (Å²) in [5, 5.41) is 20.2. The van der Waals surface area contributed by atoms with Crippen LogP contribution < -0.4 is 4.74 Å². The molecule has 0 aliphatic carbocycles. The molecule has 1 heterocycles. The second-order valence-electron chi connectivity index (χ2n) is 7.86. The van der Waals surface area contributed by atoms with Gasteiger partial charge in [0, 0.05) is 36.3 Å². The third-order valence-corrected chi connectivity index (χ3v) is 6.72. The maximum atomic E-state index is 11.5. The van der Waals surface area contributed by atoms with Crippen molar-refractivity contribution in [1.82, 2.24) is 4.90 Å². The SMILES string of the molecule is C[C@@H]1C[C@H](COc2ccc(S(C)(=O)=O)cc2)CN1C[C@H](O)c1cc(Cl)cc(C#N)c1. The molecule has 6 nitrogen and oxygen atoms in total. The van der Waals surface area contributed by atoms with Gasteiger partial charge in [-0.25, -0.2) is 8.42 Å². The third kappa shape index (κ3) is 5.73. The number of halogens is 1. The summed E-state index contributed by atoms with van der Waals surface area (Å²) >= 11 is 6.05. The molecule has 160 valence electrons. The molecular formula is C22H25ClN2O4S. The van der Waals surface area contributed by atoms with Crippen LogP contribution >= 0.6 is 11.6 Å². The first-order valence-corrected chi connectivity index (χ1v) is 12.0. The number of aliphatic hydroxyl groups excluding tert-OH is 1. The van der Waals surface area contributed by atoms with Crippen molar-refractivity contribution in [3.8, 4) is 11.8 Å². The molecule has 0 bridgehead atoms. The van der Waals surface area contributed by atoms with Crippen LogP contribution in [0.25, 0.3) is 0 Å². The van der Waals surface area contributed by atoms with E-state index in [1.165, 1.54) is 6.26 Å². The molecule has 3 atom stereocenters. The Balaban J connectivity index is 1.55. The summed E-state index contributed by atoms with van der Waals surface area (Å²) < 4.78 is 28.9. The van der Waals surface area contributed by atoms with Gasteiger partial charge in [0.15, 0.2) is 9.84 Å². The predicted molar refractivity (Wildman–Crippen MR) is 115 cm³/mol. The van der Waals surface area contributed by atoms with Crippen LogP contribution in [0.1, 0.15) is 30.6 Å². The van der Waals surface area contributed by atoms with Crippen LogP contribution in [0.3, 0.4) is 0 Å². The van der Waals surface area contributed by atoms with Crippen LogP contribution in [0.2, 0.25) is 5.02 Å². The molecular weight excluding hydrogens is 424 g/mol. The highest BCUT2D eigenvalue weighted by atomic mass is 35.5. The molecule has 0 amide bonds. The topological polar surface area (TPSA) is 90.6 Å². The maximum absolute atomic E-state index is 11.5. The van der Waals surface area contributed by atoms with Gasteiger partial charge < -0.3 is 9.84 Å². The molecule has 2 aromatic carbocycles. The number of likely N-dealkylation sites (tertiary alicyclic amines) is 1. The van der Waals surface area contributed by atoms with E-state index in [2.05, 4.69) is 17.9 Å². The molecule has 1 aliphatic rings. The minimum atomic E-state index is -3.22. The Hall–Kier alpha value is -2.11. The minimum absolute atomic E-state index is 0.269. The standard InChI is InChI=1S/C22H25ClN2O4S/c1-15-7-17(14-29-20-3-5-21(6-4-20)30(2,27)28)12-25(15)13-22(26)18-8-16(11-24)9-19(23)10-18/h3-6,8-10,15,17,22,26H,7,12-14H2,1-2H3/t15-,17+,22+/m1/s1. The Morgan fingerprint density at radius 2 is 2.00 bits per heavy atom. The Morgan fingerprint density at radius 3 is 2.63 bits per heavy atom. The summed E-state index contributed by atoms with van der Waals surface area (Å²) in [4.78, 5) is 2.48. The van der Waals surface area contributed by atoms with Crippen LogP contribution in [0, 0.1) is 17.2 Å². The lowest BCUT2D eigenvalue weighted by Gasteiger charge is -2.24. The molecule has 1 fully saturated rings. The van der Waals surface area contributed by atoms with Crippen molar-refractivity contribution in [1.29, 1.82) is 5.26 Å². The Kier molecular flexibility index (Phi) is 7.04. The average Bonchev–Trinajstić information content (AvgIpc) is 3.04. The monoisotopic (exact) mass is 448 g/mol. The highest BCUT2D eigenvalue weighted by Gasteiger charge is 2.31. The summed E-state index contributed by atoms with van der Waals surface area (Å²) in [5.41, 5.74) is 1.07. The highest BCUT2D eigenvalue weighted by molar-refractivity contribution is 7.90. The molecule has 3 rings (SSSR count). The molecule has 0 unspecified atom stereocenters. The second kappa shape index (κ2) is 9.36. The minimum Gasteiger partial charge on any atom is -0.493 e. The molecule has 0 radical (unpaired) electrons. The van der Waals surface area contributed by atoms with Gasteiger partial charge in [-0.2, -0.15) is 5.26 Å². The summed E-state index contributed by atoms with van der Waals surface area (Å²) in [6, 6.07) is 13.7. The Morgan fingerprint density at radius 1 is 1.30 bits per heavy atom. The molecule has 0 aromatic heterocycles. The van der Waals surface area contributed by atoms with Crippen LogP contribution in [0.5, 0.6) is 5.75 Å². The number of β-amino-alcohol motifs (C(OH)–C–C–N with tert-alkyl or cyclic N) is 1. The first-order chi connectivity index (χ1) is 14.2. The van der Waals surface area contributed by atoms with E-state index in [1.54, 1.807) is 42.5 Å². The zero-order valence-corrected chi connectivity index (χ0v) is 18.5. The molecule has 0 saturated carbocycles. The fourth-order valence-corrected chi connectivity index (χ4v) is 4.66. The molecule has 0 spiro atoms. The Labute approximate surface area is 182 Å². The largest absolute Gasteiger partial charge is 0.493 e. The van der Waals surface area contributed by atoms with Crippen molar-refractivity contribution in [2.45, 2.75) is 30.4 Å². The summed E-state index contributed by atoms with van der Waals surface area (Å²) in [5.74, 6) is 0.937. The zero-order valence-electron chi connectivity index (χ0n) is 17.0. The molecule has 1 aliphatic heterocycles. The van der Waals surface area contributed by atoms with Gasteiger partial charge in [-0.3, -0.25) is 4.90 Å². The van der Waals surface area contributed by atoms with Gasteiger partial charge in [0.2, 0.25) is 0 Å². The molecule has 1 saturated heterocycles.